The van der Waals surface area contributed by atoms with Crippen LogP contribution in [0.3, 0.4) is 0 Å². The average Bonchev–Trinajstić information content (AvgIpc) is 2.73. The van der Waals surface area contributed by atoms with Crippen LogP contribution in [0.1, 0.15) is 24.0 Å². The zero-order valence-corrected chi connectivity index (χ0v) is 19.9. The van der Waals surface area contributed by atoms with E-state index >= 15 is 0 Å². The number of nitro groups is 1. The molecule has 4 N–H and O–H groups in total. The van der Waals surface area contributed by atoms with E-state index in [1.807, 2.05) is 13.0 Å². The number of nitrogens with two attached hydrogens (primary N) is 1. The number of sulfonamides is 1. The van der Waals surface area contributed by atoms with E-state index in [0.717, 1.165) is 23.6 Å². The minimum absolute atomic E-state index is 0.0914. The quantitative estimate of drug-likeness (QED) is 0.371. The second-order valence-corrected chi connectivity index (χ2v) is 11.2. The minimum atomic E-state index is -4.05. The molecule has 0 radical (unpaired) electrons. The van der Waals surface area contributed by atoms with Gasteiger partial charge < -0.3 is 4.90 Å². The molecule has 0 spiro atoms. The maximum Gasteiger partial charge on any atom is 0.293 e. The molecule has 2 aromatic rings. The van der Waals surface area contributed by atoms with Crippen LogP contribution in [0, 0.1) is 29.9 Å². The molecule has 1 fully saturated rings. The summed E-state index contributed by atoms with van der Waals surface area (Å²) in [5.74, 6) is -0.0914. The van der Waals surface area contributed by atoms with Gasteiger partial charge in [0.15, 0.2) is 0 Å². The number of piperidine rings is 1. The normalized spacial score (nSPS) is 17.1. The predicted octanol–water partition coefficient (Wildman–Crippen LogP) is 2.02. The van der Waals surface area contributed by atoms with Crippen LogP contribution in [0.5, 0.6) is 0 Å². The topological polar surface area (TPSA) is 165 Å². The Morgan fingerprint density at radius 1 is 1.15 bits per heavy atom. The Bertz CT molecular complexity index is 1260. The molecule has 1 atom stereocenters. The minimum Gasteiger partial charge on any atom is -0.366 e. The lowest BCUT2D eigenvalue weighted by molar-refractivity contribution is -0.384. The lowest BCUT2D eigenvalue weighted by Gasteiger charge is -2.34. The molecule has 0 aromatic heterocycles. The number of aryl methyl sites for hydroxylation is 2. The van der Waals surface area contributed by atoms with Crippen LogP contribution >= 0.6 is 0 Å². The first-order valence-electron chi connectivity index (χ1n) is 10.3. The van der Waals surface area contributed by atoms with Crippen LogP contribution in [0.25, 0.3) is 0 Å². The molecular weight excluding hydrogens is 470 g/mol. The second-order valence-electron chi connectivity index (χ2n) is 8.18. The number of anilines is 2. The fourth-order valence-corrected chi connectivity index (χ4v) is 5.52. The number of rotatable bonds is 8. The Hall–Kier alpha value is -2.74. The fourth-order valence-electron chi connectivity index (χ4n) is 3.90. The Labute approximate surface area is 193 Å². The Morgan fingerprint density at radius 2 is 1.88 bits per heavy atom. The van der Waals surface area contributed by atoms with Gasteiger partial charge in [-0.2, -0.15) is 8.42 Å². The molecule has 1 heterocycles. The maximum absolute atomic E-state index is 12.9. The van der Waals surface area contributed by atoms with E-state index in [1.54, 1.807) is 24.0 Å². The first-order valence-corrected chi connectivity index (χ1v) is 13.3. The molecule has 180 valence electrons. The van der Waals surface area contributed by atoms with E-state index in [-0.39, 0.29) is 28.7 Å². The van der Waals surface area contributed by atoms with E-state index in [1.165, 1.54) is 12.1 Å². The smallest absolute Gasteiger partial charge is 0.293 e. The monoisotopic (exact) mass is 497 g/mol. The van der Waals surface area contributed by atoms with Crippen molar-refractivity contribution in [2.24, 2.45) is 11.1 Å². The van der Waals surface area contributed by atoms with Crippen LogP contribution in [0.2, 0.25) is 0 Å². The van der Waals surface area contributed by atoms with Gasteiger partial charge in [0.1, 0.15) is 5.69 Å². The van der Waals surface area contributed by atoms with Crippen molar-refractivity contribution in [3.8, 4) is 0 Å². The first kappa shape index (κ1) is 24.9. The van der Waals surface area contributed by atoms with E-state index < -0.39 is 25.2 Å². The standard InChI is InChI=1S/C20H27N5O6S2/c1-14-5-7-18(15(2)10-14)23-32(28,29)17-6-8-19(20(11-17)25(26)27)24-9-3-4-16(13-24)12-22-33(21,30)31/h5-8,10-11,16,22-23H,3-4,9,12-13H2,1-2H3,(H2,21,30,31)/t16-/m0/s1. The van der Waals surface area contributed by atoms with Crippen LogP contribution in [-0.4, -0.2) is 41.4 Å². The average molecular weight is 498 g/mol. The van der Waals surface area contributed by atoms with Crippen LogP contribution < -0.4 is 19.5 Å². The predicted molar refractivity (Wildman–Crippen MR) is 126 cm³/mol. The van der Waals surface area contributed by atoms with Crippen molar-refractivity contribution >= 4 is 37.3 Å². The first-order chi connectivity index (χ1) is 15.4. The number of nitrogens with zero attached hydrogens (tertiary/aromatic N) is 2. The highest BCUT2D eigenvalue weighted by Crippen LogP contribution is 2.34. The van der Waals surface area contributed by atoms with Gasteiger partial charge in [0, 0.05) is 25.7 Å². The molecule has 0 amide bonds. The van der Waals surface area contributed by atoms with E-state index in [2.05, 4.69) is 9.44 Å². The summed E-state index contributed by atoms with van der Waals surface area (Å²) in [6.07, 6.45) is 1.43. The molecule has 0 saturated carbocycles. The fraction of sp³-hybridized carbons (Fsp3) is 0.400. The number of benzene rings is 2. The van der Waals surface area contributed by atoms with Gasteiger partial charge in [0.25, 0.3) is 25.9 Å². The highest BCUT2D eigenvalue weighted by molar-refractivity contribution is 7.92. The van der Waals surface area contributed by atoms with Gasteiger partial charge in [0.2, 0.25) is 0 Å². The van der Waals surface area contributed by atoms with Gasteiger partial charge in [-0.05, 0) is 56.4 Å². The number of hydrogen-bond donors (Lipinski definition) is 3. The summed E-state index contributed by atoms with van der Waals surface area (Å²) in [5.41, 5.74) is 2.06. The number of nitro benzene ring substituents is 1. The molecule has 33 heavy (non-hydrogen) atoms. The molecule has 0 aliphatic carbocycles. The second kappa shape index (κ2) is 9.63. The lowest BCUT2D eigenvalue weighted by Crippen LogP contribution is -2.42. The molecule has 13 heteroatoms. The third kappa shape index (κ3) is 6.41. The van der Waals surface area contributed by atoms with Crippen molar-refractivity contribution < 1.29 is 21.8 Å². The Balaban J connectivity index is 1.86. The highest BCUT2D eigenvalue weighted by Gasteiger charge is 2.28. The molecule has 1 saturated heterocycles. The Kier molecular flexibility index (Phi) is 7.26. The van der Waals surface area contributed by atoms with Crippen molar-refractivity contribution in [3.63, 3.8) is 0 Å². The van der Waals surface area contributed by atoms with Gasteiger partial charge in [0.05, 0.1) is 15.5 Å². The largest absolute Gasteiger partial charge is 0.366 e. The highest BCUT2D eigenvalue weighted by atomic mass is 32.2. The van der Waals surface area contributed by atoms with E-state index in [9.17, 15) is 26.9 Å². The van der Waals surface area contributed by atoms with Crippen molar-refractivity contribution in [2.75, 3.05) is 29.3 Å². The van der Waals surface area contributed by atoms with E-state index in [4.69, 9.17) is 5.14 Å². The van der Waals surface area contributed by atoms with Crippen LogP contribution in [0.4, 0.5) is 17.1 Å². The molecular formula is C20H27N5O6S2. The summed E-state index contributed by atoms with van der Waals surface area (Å²) in [7, 11) is -7.88. The molecule has 1 aliphatic rings. The zero-order valence-electron chi connectivity index (χ0n) is 18.3. The third-order valence-corrected chi connectivity index (χ3v) is 7.45. The summed E-state index contributed by atoms with van der Waals surface area (Å²) in [4.78, 5) is 12.7. The van der Waals surface area contributed by atoms with E-state index in [0.29, 0.717) is 25.2 Å². The van der Waals surface area contributed by atoms with Crippen LogP contribution in [-0.2, 0) is 20.2 Å². The third-order valence-electron chi connectivity index (χ3n) is 5.51. The summed E-state index contributed by atoms with van der Waals surface area (Å²) in [6, 6.07) is 9.06. The summed E-state index contributed by atoms with van der Waals surface area (Å²) in [6.45, 7) is 4.68. The van der Waals surface area contributed by atoms with Crippen molar-refractivity contribution in [3.05, 3.63) is 57.6 Å². The molecule has 0 unspecified atom stereocenters. The van der Waals surface area contributed by atoms with Crippen LogP contribution in [0.15, 0.2) is 41.3 Å². The number of nitrogens with one attached hydrogen (secondary N) is 2. The van der Waals surface area contributed by atoms with Gasteiger partial charge in [-0.15, -0.1) is 0 Å². The molecule has 3 rings (SSSR count). The summed E-state index contributed by atoms with van der Waals surface area (Å²) < 4.78 is 52.9. The molecule has 11 nitrogen and oxygen atoms in total. The lowest BCUT2D eigenvalue weighted by atomic mass is 9.97. The van der Waals surface area contributed by atoms with Gasteiger partial charge in [-0.1, -0.05) is 17.7 Å². The zero-order chi connectivity index (χ0) is 24.4. The van der Waals surface area contributed by atoms with Gasteiger partial charge in [-0.3, -0.25) is 14.8 Å². The summed E-state index contributed by atoms with van der Waals surface area (Å²) in [5, 5.41) is 16.8. The SMILES string of the molecule is Cc1ccc(NS(=O)(=O)c2ccc(N3CCC[C@@H](CNS(N)(=O)=O)C3)c([N+](=O)[O-])c2)c(C)c1. The van der Waals surface area contributed by atoms with Gasteiger partial charge in [-0.25, -0.2) is 18.3 Å². The van der Waals surface area contributed by atoms with Crippen molar-refractivity contribution in [1.82, 2.24) is 4.72 Å². The Morgan fingerprint density at radius 3 is 2.52 bits per heavy atom. The van der Waals surface area contributed by atoms with Gasteiger partial charge >= 0.3 is 0 Å². The summed E-state index contributed by atoms with van der Waals surface area (Å²) >= 11 is 0. The van der Waals surface area contributed by atoms with Crippen molar-refractivity contribution in [1.29, 1.82) is 0 Å². The maximum atomic E-state index is 12.9. The molecule has 2 aromatic carbocycles. The number of hydrogen-bond acceptors (Lipinski definition) is 7. The van der Waals surface area contributed by atoms with Crippen molar-refractivity contribution in [2.45, 2.75) is 31.6 Å². The molecule has 0 bridgehead atoms. The molecule has 1 aliphatic heterocycles.